The van der Waals surface area contributed by atoms with Gasteiger partial charge in [-0.15, -0.1) is 0 Å². The van der Waals surface area contributed by atoms with E-state index in [1.807, 2.05) is 13.0 Å². The maximum absolute atomic E-state index is 5.53. The van der Waals surface area contributed by atoms with Crippen molar-refractivity contribution in [2.24, 2.45) is 0 Å². The Hall–Kier alpha value is -1.36. The zero-order valence-corrected chi connectivity index (χ0v) is 13.0. The molecule has 0 aliphatic heterocycles. The van der Waals surface area contributed by atoms with Crippen LogP contribution in [0.5, 0.6) is 0 Å². The molecule has 0 saturated heterocycles. The molecule has 0 spiro atoms. The van der Waals surface area contributed by atoms with Crippen LogP contribution in [-0.4, -0.2) is 36.3 Å². The van der Waals surface area contributed by atoms with Crippen LogP contribution in [0.4, 0.5) is 11.6 Å². The minimum absolute atomic E-state index is 0.785. The van der Waals surface area contributed by atoms with E-state index in [-0.39, 0.29) is 0 Å². The molecule has 0 fully saturated rings. The topological polar surface area (TPSA) is 59.1 Å². The molecular formula is C15H28N4O. The highest BCUT2D eigenvalue weighted by Gasteiger charge is 2.00. The molecule has 1 rings (SSSR count). The summed E-state index contributed by atoms with van der Waals surface area (Å²) in [5.74, 6) is 2.55. The summed E-state index contributed by atoms with van der Waals surface area (Å²) in [5.41, 5.74) is 0. The average Bonchev–Trinajstić information content (AvgIpc) is 2.43. The zero-order chi connectivity index (χ0) is 14.6. The first-order valence-electron chi connectivity index (χ1n) is 7.67. The highest BCUT2D eigenvalue weighted by atomic mass is 16.5. The lowest BCUT2D eigenvalue weighted by Gasteiger charge is -2.10. The molecule has 0 aliphatic carbocycles. The van der Waals surface area contributed by atoms with E-state index in [4.69, 9.17) is 4.74 Å². The van der Waals surface area contributed by atoms with Crippen LogP contribution in [0.2, 0.25) is 0 Å². The molecule has 114 valence electrons. The van der Waals surface area contributed by atoms with Crippen molar-refractivity contribution in [1.29, 1.82) is 0 Å². The van der Waals surface area contributed by atoms with Crippen LogP contribution in [0.1, 0.15) is 45.4 Å². The molecule has 5 heteroatoms. The Morgan fingerprint density at radius 2 is 1.60 bits per heavy atom. The van der Waals surface area contributed by atoms with E-state index in [0.717, 1.165) is 63.0 Å². The van der Waals surface area contributed by atoms with Gasteiger partial charge in [0, 0.05) is 32.4 Å². The molecular weight excluding hydrogens is 252 g/mol. The SMILES string of the molecule is CCCCOCCCNc1cc(NCCC)nc(C)n1. The number of hydrogen-bond acceptors (Lipinski definition) is 5. The van der Waals surface area contributed by atoms with E-state index < -0.39 is 0 Å². The minimum atomic E-state index is 0.785. The third-order valence-electron chi connectivity index (χ3n) is 2.81. The summed E-state index contributed by atoms with van der Waals surface area (Å²) >= 11 is 0. The summed E-state index contributed by atoms with van der Waals surface area (Å²) in [5, 5.41) is 6.61. The van der Waals surface area contributed by atoms with Gasteiger partial charge in [0.15, 0.2) is 0 Å². The Morgan fingerprint density at radius 1 is 0.950 bits per heavy atom. The minimum Gasteiger partial charge on any atom is -0.381 e. The number of aryl methyl sites for hydroxylation is 1. The van der Waals surface area contributed by atoms with Crippen LogP contribution in [0, 0.1) is 6.92 Å². The largest absolute Gasteiger partial charge is 0.381 e. The summed E-state index contributed by atoms with van der Waals surface area (Å²) < 4.78 is 5.53. The van der Waals surface area contributed by atoms with Crippen LogP contribution < -0.4 is 10.6 Å². The number of anilines is 2. The van der Waals surface area contributed by atoms with Crippen LogP contribution in [-0.2, 0) is 4.74 Å². The fourth-order valence-corrected chi connectivity index (χ4v) is 1.74. The standard InChI is InChI=1S/C15H28N4O/c1-4-6-10-20-11-7-9-17-15-12-14(16-8-5-2)18-13(3)19-15/h12H,4-11H2,1-3H3,(H2,16,17,18,19). The molecule has 2 N–H and O–H groups in total. The number of nitrogens with zero attached hydrogens (tertiary/aromatic N) is 2. The fourth-order valence-electron chi connectivity index (χ4n) is 1.74. The molecule has 0 radical (unpaired) electrons. The van der Waals surface area contributed by atoms with Crippen LogP contribution in [0.25, 0.3) is 0 Å². The second kappa shape index (κ2) is 10.4. The number of unbranched alkanes of at least 4 members (excludes halogenated alkanes) is 1. The Bertz CT molecular complexity index is 371. The van der Waals surface area contributed by atoms with Crippen molar-refractivity contribution in [3.8, 4) is 0 Å². The maximum Gasteiger partial charge on any atom is 0.131 e. The van der Waals surface area contributed by atoms with E-state index in [0.29, 0.717) is 0 Å². The van der Waals surface area contributed by atoms with E-state index >= 15 is 0 Å². The molecule has 0 aromatic carbocycles. The Labute approximate surface area is 122 Å². The lowest BCUT2D eigenvalue weighted by Crippen LogP contribution is -2.10. The molecule has 1 heterocycles. The molecule has 0 unspecified atom stereocenters. The van der Waals surface area contributed by atoms with E-state index in [1.54, 1.807) is 0 Å². The first kappa shape index (κ1) is 16.7. The van der Waals surface area contributed by atoms with E-state index in [2.05, 4.69) is 34.4 Å². The van der Waals surface area contributed by atoms with Gasteiger partial charge in [-0.1, -0.05) is 20.3 Å². The van der Waals surface area contributed by atoms with Crippen LogP contribution in [0.15, 0.2) is 6.07 Å². The quantitative estimate of drug-likeness (QED) is 0.609. The predicted molar refractivity (Wildman–Crippen MR) is 84.4 cm³/mol. The summed E-state index contributed by atoms with van der Waals surface area (Å²) in [6.07, 6.45) is 4.41. The monoisotopic (exact) mass is 280 g/mol. The molecule has 0 amide bonds. The summed E-state index contributed by atoms with van der Waals surface area (Å²) in [7, 11) is 0. The number of ether oxygens (including phenoxy) is 1. The molecule has 1 aromatic heterocycles. The van der Waals surface area contributed by atoms with Gasteiger partial charge >= 0.3 is 0 Å². The van der Waals surface area contributed by atoms with Crippen molar-refractivity contribution >= 4 is 11.6 Å². The number of hydrogen-bond donors (Lipinski definition) is 2. The highest BCUT2D eigenvalue weighted by molar-refractivity contribution is 5.47. The normalized spacial score (nSPS) is 10.6. The highest BCUT2D eigenvalue weighted by Crippen LogP contribution is 2.11. The van der Waals surface area contributed by atoms with Gasteiger partial charge in [0.1, 0.15) is 17.5 Å². The summed E-state index contributed by atoms with van der Waals surface area (Å²) in [4.78, 5) is 8.75. The average molecular weight is 280 g/mol. The summed E-state index contributed by atoms with van der Waals surface area (Å²) in [6, 6.07) is 1.96. The van der Waals surface area contributed by atoms with Crippen molar-refractivity contribution in [1.82, 2.24) is 9.97 Å². The van der Waals surface area contributed by atoms with Crippen molar-refractivity contribution < 1.29 is 4.74 Å². The lowest BCUT2D eigenvalue weighted by atomic mass is 10.3. The smallest absolute Gasteiger partial charge is 0.131 e. The van der Waals surface area contributed by atoms with Crippen LogP contribution >= 0.6 is 0 Å². The molecule has 0 atom stereocenters. The van der Waals surface area contributed by atoms with Gasteiger partial charge in [0.05, 0.1) is 0 Å². The Kier molecular flexibility index (Phi) is 8.71. The van der Waals surface area contributed by atoms with Crippen molar-refractivity contribution in [2.45, 2.75) is 46.5 Å². The fraction of sp³-hybridized carbons (Fsp3) is 0.733. The second-order valence-electron chi connectivity index (χ2n) is 4.86. The van der Waals surface area contributed by atoms with Gasteiger partial charge in [0.2, 0.25) is 0 Å². The number of nitrogens with one attached hydrogen (secondary N) is 2. The Morgan fingerprint density at radius 3 is 2.25 bits per heavy atom. The Balaban J connectivity index is 2.26. The summed E-state index contributed by atoms with van der Waals surface area (Å²) in [6.45, 7) is 9.70. The van der Waals surface area contributed by atoms with Gasteiger partial charge < -0.3 is 15.4 Å². The molecule has 1 aromatic rings. The molecule has 20 heavy (non-hydrogen) atoms. The zero-order valence-electron chi connectivity index (χ0n) is 13.0. The molecule has 0 saturated carbocycles. The van der Waals surface area contributed by atoms with Crippen molar-refractivity contribution in [2.75, 3.05) is 36.9 Å². The van der Waals surface area contributed by atoms with Gasteiger partial charge in [-0.2, -0.15) is 0 Å². The van der Waals surface area contributed by atoms with Crippen molar-refractivity contribution in [3.63, 3.8) is 0 Å². The van der Waals surface area contributed by atoms with Gasteiger partial charge in [-0.05, 0) is 26.2 Å². The molecule has 5 nitrogen and oxygen atoms in total. The predicted octanol–water partition coefficient (Wildman–Crippen LogP) is 3.23. The van der Waals surface area contributed by atoms with Gasteiger partial charge in [-0.3, -0.25) is 0 Å². The molecule has 0 bridgehead atoms. The molecule has 0 aliphatic rings. The third-order valence-corrected chi connectivity index (χ3v) is 2.81. The van der Waals surface area contributed by atoms with Gasteiger partial charge in [0.25, 0.3) is 0 Å². The van der Waals surface area contributed by atoms with E-state index in [9.17, 15) is 0 Å². The first-order valence-corrected chi connectivity index (χ1v) is 7.67. The lowest BCUT2D eigenvalue weighted by molar-refractivity contribution is 0.131. The number of rotatable bonds is 11. The van der Waals surface area contributed by atoms with E-state index in [1.165, 1.54) is 6.42 Å². The number of aromatic nitrogens is 2. The van der Waals surface area contributed by atoms with Crippen LogP contribution in [0.3, 0.4) is 0 Å². The second-order valence-corrected chi connectivity index (χ2v) is 4.86. The maximum atomic E-state index is 5.53. The van der Waals surface area contributed by atoms with Crippen molar-refractivity contribution in [3.05, 3.63) is 11.9 Å². The first-order chi connectivity index (χ1) is 9.76. The van der Waals surface area contributed by atoms with Gasteiger partial charge in [-0.25, -0.2) is 9.97 Å². The third kappa shape index (κ3) is 7.28.